The number of benzene rings is 1. The first-order valence-corrected chi connectivity index (χ1v) is 9.29. The summed E-state index contributed by atoms with van der Waals surface area (Å²) in [5.74, 6) is 3.10. The second kappa shape index (κ2) is 9.35. The number of nitrogens with zero attached hydrogens (tertiary/aromatic N) is 1. The lowest BCUT2D eigenvalue weighted by Crippen LogP contribution is -2.27. The lowest BCUT2D eigenvalue weighted by Gasteiger charge is -2.21. The van der Waals surface area contributed by atoms with Crippen molar-refractivity contribution in [1.29, 1.82) is 0 Å². The smallest absolute Gasteiger partial charge is 0.339 e. The molecular formula is C20H21F2N3O3S. The fraction of sp³-hybridized carbons (Fsp3) is 0.150. The van der Waals surface area contributed by atoms with Crippen LogP contribution in [0.3, 0.4) is 0 Å². The van der Waals surface area contributed by atoms with Crippen molar-refractivity contribution in [2.24, 2.45) is 5.84 Å². The number of carboxylic acids is 1. The standard InChI is InChI=1S/C12H9F2NO2S.C8H12N2O/c1-5-2-3-6(10(14)9(5)13)7-4-18-11(15)8(7)12(16)17;1-3-7-8(11-2)5-4-6-10(7)9/h2-4H,15H2,1H3,(H,16,17);3-6H,9H2,1-2H3/b;7-3-. The number of allylic oxidation sites excluding steroid dienone is 3. The largest absolute Gasteiger partial charge is 0.495 e. The number of thiophene rings is 1. The molecule has 0 unspecified atom stereocenters. The Balaban J connectivity index is 0.000000234. The monoisotopic (exact) mass is 421 g/mol. The summed E-state index contributed by atoms with van der Waals surface area (Å²) in [7, 11) is 1.63. The summed E-state index contributed by atoms with van der Waals surface area (Å²) in [6.07, 6.45) is 7.39. The minimum Gasteiger partial charge on any atom is -0.495 e. The highest BCUT2D eigenvalue weighted by Gasteiger charge is 2.22. The van der Waals surface area contributed by atoms with Crippen LogP contribution in [0.5, 0.6) is 0 Å². The van der Waals surface area contributed by atoms with Gasteiger partial charge in [0.2, 0.25) is 0 Å². The highest BCUT2D eigenvalue weighted by atomic mass is 32.1. The third kappa shape index (κ3) is 4.64. The van der Waals surface area contributed by atoms with Gasteiger partial charge in [0.15, 0.2) is 11.6 Å². The number of hydrazine groups is 1. The molecular weight excluding hydrogens is 400 g/mol. The van der Waals surface area contributed by atoms with Gasteiger partial charge in [0, 0.05) is 22.7 Å². The number of aromatic carboxylic acids is 1. The number of aryl methyl sites for hydroxylation is 1. The van der Waals surface area contributed by atoms with Crippen LogP contribution in [0.2, 0.25) is 0 Å². The van der Waals surface area contributed by atoms with Gasteiger partial charge in [-0.1, -0.05) is 18.2 Å². The molecule has 1 aromatic heterocycles. The zero-order valence-corrected chi connectivity index (χ0v) is 16.9. The second-order valence-corrected chi connectivity index (χ2v) is 6.82. The van der Waals surface area contributed by atoms with Gasteiger partial charge in [-0.05, 0) is 31.6 Å². The quantitative estimate of drug-likeness (QED) is 0.635. The zero-order valence-electron chi connectivity index (χ0n) is 16.1. The molecule has 9 heteroatoms. The Bertz CT molecular complexity index is 1010. The number of rotatable bonds is 3. The molecule has 2 aromatic rings. The number of ether oxygens (including phenoxy) is 1. The minimum atomic E-state index is -1.26. The predicted octanol–water partition coefficient (Wildman–Crippen LogP) is 4.41. The van der Waals surface area contributed by atoms with Crippen molar-refractivity contribution in [3.8, 4) is 11.1 Å². The van der Waals surface area contributed by atoms with Crippen molar-refractivity contribution in [3.63, 3.8) is 0 Å². The highest BCUT2D eigenvalue weighted by molar-refractivity contribution is 7.14. The molecule has 0 aliphatic carbocycles. The predicted molar refractivity (Wildman–Crippen MR) is 110 cm³/mol. The summed E-state index contributed by atoms with van der Waals surface area (Å²) in [6.45, 7) is 3.35. The lowest BCUT2D eigenvalue weighted by molar-refractivity contribution is 0.0699. The van der Waals surface area contributed by atoms with Gasteiger partial charge in [-0.3, -0.25) is 5.01 Å². The van der Waals surface area contributed by atoms with E-state index in [2.05, 4.69) is 0 Å². The topological polar surface area (TPSA) is 102 Å². The van der Waals surface area contributed by atoms with Crippen LogP contribution in [0.15, 0.2) is 53.4 Å². The summed E-state index contributed by atoms with van der Waals surface area (Å²) in [4.78, 5) is 11.1. The normalized spacial score (nSPS) is 14.3. The molecule has 0 saturated carbocycles. The Labute approximate surface area is 171 Å². The van der Waals surface area contributed by atoms with Crippen LogP contribution in [-0.2, 0) is 4.74 Å². The van der Waals surface area contributed by atoms with Crippen molar-refractivity contribution in [2.75, 3.05) is 12.8 Å². The van der Waals surface area contributed by atoms with Gasteiger partial charge in [-0.15, -0.1) is 11.3 Å². The lowest BCUT2D eigenvalue weighted by atomic mass is 10.0. The molecule has 1 aliphatic rings. The van der Waals surface area contributed by atoms with Crippen LogP contribution in [0, 0.1) is 18.6 Å². The Kier molecular flexibility index (Phi) is 7.13. The molecule has 0 bridgehead atoms. The van der Waals surface area contributed by atoms with E-state index in [0.29, 0.717) is 0 Å². The van der Waals surface area contributed by atoms with Crippen LogP contribution in [0.1, 0.15) is 22.8 Å². The summed E-state index contributed by atoms with van der Waals surface area (Å²) in [5.41, 5.74) is 6.38. The van der Waals surface area contributed by atoms with E-state index in [1.165, 1.54) is 29.4 Å². The van der Waals surface area contributed by atoms with Gasteiger partial charge in [-0.25, -0.2) is 19.4 Å². The van der Waals surface area contributed by atoms with Crippen molar-refractivity contribution in [1.82, 2.24) is 5.01 Å². The molecule has 6 nitrogen and oxygen atoms in total. The van der Waals surface area contributed by atoms with Gasteiger partial charge in [-0.2, -0.15) is 0 Å². The van der Waals surface area contributed by atoms with Gasteiger partial charge in [0.25, 0.3) is 0 Å². The maximum atomic E-state index is 13.8. The SMILES string of the molecule is C/C=C1/C(OC)=CC=CN1N.Cc1ccc(-c2csc(N)c2C(=O)O)c(F)c1F. The maximum Gasteiger partial charge on any atom is 0.339 e. The third-order valence-corrected chi connectivity index (χ3v) is 4.93. The van der Waals surface area contributed by atoms with Crippen molar-refractivity contribution in [2.45, 2.75) is 13.8 Å². The first-order valence-electron chi connectivity index (χ1n) is 8.41. The molecule has 29 heavy (non-hydrogen) atoms. The molecule has 5 N–H and O–H groups in total. The Hall–Kier alpha value is -3.17. The summed E-state index contributed by atoms with van der Waals surface area (Å²) in [6, 6.07) is 2.74. The minimum absolute atomic E-state index is 0.0675. The van der Waals surface area contributed by atoms with E-state index in [-0.39, 0.29) is 27.3 Å². The van der Waals surface area contributed by atoms with Crippen LogP contribution in [0.25, 0.3) is 11.1 Å². The number of hydrogen-bond donors (Lipinski definition) is 3. The fourth-order valence-electron chi connectivity index (χ4n) is 2.63. The second-order valence-electron chi connectivity index (χ2n) is 5.91. The van der Waals surface area contributed by atoms with Crippen LogP contribution >= 0.6 is 11.3 Å². The maximum absolute atomic E-state index is 13.8. The van der Waals surface area contributed by atoms with E-state index < -0.39 is 17.6 Å². The molecule has 154 valence electrons. The van der Waals surface area contributed by atoms with Crippen molar-refractivity contribution < 1.29 is 23.4 Å². The van der Waals surface area contributed by atoms with E-state index in [1.807, 2.05) is 25.2 Å². The molecule has 0 amide bonds. The van der Waals surface area contributed by atoms with Gasteiger partial charge in [0.1, 0.15) is 16.3 Å². The molecule has 0 fully saturated rings. The molecule has 1 aromatic carbocycles. The average Bonchev–Trinajstić information content (AvgIpc) is 3.08. The van der Waals surface area contributed by atoms with E-state index >= 15 is 0 Å². The fourth-order valence-corrected chi connectivity index (χ4v) is 3.43. The molecule has 1 aliphatic heterocycles. The number of nitrogen functional groups attached to an aromatic ring is 1. The molecule has 0 spiro atoms. The van der Waals surface area contributed by atoms with Gasteiger partial charge >= 0.3 is 5.97 Å². The summed E-state index contributed by atoms with van der Waals surface area (Å²) in [5, 5.41) is 12.0. The first kappa shape index (κ1) is 22.1. The number of nitrogens with two attached hydrogens (primary N) is 2. The van der Waals surface area contributed by atoms with Gasteiger partial charge < -0.3 is 15.6 Å². The number of halogens is 2. The average molecular weight is 421 g/mol. The number of hydrogen-bond acceptors (Lipinski definition) is 6. The van der Waals surface area contributed by atoms with Crippen LogP contribution < -0.4 is 11.6 Å². The Morgan fingerprint density at radius 3 is 2.52 bits per heavy atom. The van der Waals surface area contributed by atoms with Crippen LogP contribution in [-0.4, -0.2) is 23.2 Å². The first-order chi connectivity index (χ1) is 13.7. The molecule has 2 heterocycles. The van der Waals surface area contributed by atoms with E-state index in [4.69, 9.17) is 21.4 Å². The highest BCUT2D eigenvalue weighted by Crippen LogP contribution is 2.36. The third-order valence-electron chi connectivity index (χ3n) is 4.12. The Morgan fingerprint density at radius 2 is 1.97 bits per heavy atom. The summed E-state index contributed by atoms with van der Waals surface area (Å²) < 4.78 is 32.3. The van der Waals surface area contributed by atoms with Crippen molar-refractivity contribution in [3.05, 3.63) is 76.2 Å². The number of carbonyl (C=O) groups is 1. The van der Waals surface area contributed by atoms with E-state index in [1.54, 1.807) is 13.3 Å². The molecule has 0 atom stereocenters. The molecule has 0 saturated heterocycles. The zero-order chi connectivity index (χ0) is 21.7. The van der Waals surface area contributed by atoms with E-state index in [0.717, 1.165) is 22.8 Å². The number of carboxylic acid groups (broad SMARTS) is 1. The van der Waals surface area contributed by atoms with Crippen LogP contribution in [0.4, 0.5) is 13.8 Å². The van der Waals surface area contributed by atoms with E-state index in [9.17, 15) is 13.6 Å². The number of methoxy groups -OCH3 is 1. The molecule has 3 rings (SSSR count). The van der Waals surface area contributed by atoms with Crippen molar-refractivity contribution >= 4 is 22.3 Å². The molecule has 0 radical (unpaired) electrons. The Morgan fingerprint density at radius 1 is 1.28 bits per heavy atom. The van der Waals surface area contributed by atoms with Gasteiger partial charge in [0.05, 0.1) is 12.8 Å². The number of anilines is 1. The summed E-state index contributed by atoms with van der Waals surface area (Å²) >= 11 is 0.981.